The Balaban J connectivity index is 0.000000211. The zero-order valence-corrected chi connectivity index (χ0v) is 61.5. The quantitative estimate of drug-likeness (QED) is 0.0301. The molecule has 108 heavy (non-hydrogen) atoms. The molecule has 31 nitrogen and oxygen atoms in total. The number of ether oxygens (including phenoxy) is 5. The van der Waals surface area contributed by atoms with Crippen molar-refractivity contribution >= 4 is 29.1 Å². The van der Waals surface area contributed by atoms with Crippen molar-refractivity contribution < 1.29 is 78.3 Å². The van der Waals surface area contributed by atoms with Crippen LogP contribution in [0.1, 0.15) is 127 Å². The van der Waals surface area contributed by atoms with Crippen molar-refractivity contribution in [3.8, 4) is 57.5 Å². The Morgan fingerprint density at radius 2 is 0.750 bits per heavy atom. The van der Waals surface area contributed by atoms with Crippen LogP contribution in [0.15, 0.2) is 170 Å². The van der Waals surface area contributed by atoms with Crippen LogP contribution in [-0.4, -0.2) is 144 Å². The first kappa shape index (κ1) is 83.6. The van der Waals surface area contributed by atoms with Gasteiger partial charge in [0.15, 0.2) is 86.2 Å². The molecule has 0 aliphatic heterocycles. The second-order valence-electron chi connectivity index (χ2n) is 24.7. The second kappa shape index (κ2) is 39.0. The predicted molar refractivity (Wildman–Crippen MR) is 395 cm³/mol. The lowest BCUT2D eigenvalue weighted by Gasteiger charge is -2.26. The fourth-order valence-electron chi connectivity index (χ4n) is 10.3. The van der Waals surface area contributed by atoms with Crippen LogP contribution >= 0.6 is 0 Å². The summed E-state index contributed by atoms with van der Waals surface area (Å²) in [5.41, 5.74) is 0.239. The van der Waals surface area contributed by atoms with Gasteiger partial charge in [0.05, 0.1) is 73.1 Å². The molecular formula is C77H84N10O21. The first-order valence-corrected chi connectivity index (χ1v) is 33.2. The number of hydrogen-bond acceptors (Lipinski definition) is 25. The topological polar surface area (TPSA) is 427 Å². The highest BCUT2D eigenvalue weighted by Gasteiger charge is 2.25. The third kappa shape index (κ3) is 23.6. The van der Waals surface area contributed by atoms with Gasteiger partial charge in [-0.1, -0.05) is 92.2 Å². The minimum Gasteiger partial charge on any atom is -0.503 e. The summed E-state index contributed by atoms with van der Waals surface area (Å²) in [6, 6.07) is 36.2. The summed E-state index contributed by atoms with van der Waals surface area (Å²) >= 11 is 0. The van der Waals surface area contributed by atoms with E-state index in [1.54, 1.807) is 41.6 Å². The van der Waals surface area contributed by atoms with Gasteiger partial charge in [-0.2, -0.15) is 25.5 Å². The first-order chi connectivity index (χ1) is 51.2. The molecule has 5 aromatic heterocycles. The Bertz CT molecular complexity index is 5180. The SMILES string of the molecule is COc1ccc(CCn2cc(O)c(=O)c(C(C)=O)n2)cc1.COc1ccc(CCn2cc(O)c(=O)c(C(C)=O)n2)cc1OC.COc1cccc(CCn2cc(O)c(=O)c(C(C)=O)n2)c1.COc1ccccc1CCn1cc(O)c(=O)c(C(C)=O)n1.Cc1ccc(C(C)(C)Cn2cc(O)c(=O)c(C(=O)O)n2)cc1. The molecule has 10 aromatic rings. The lowest BCUT2D eigenvalue weighted by molar-refractivity contribution is 0.0683. The highest BCUT2D eigenvalue weighted by atomic mass is 16.5. The van der Waals surface area contributed by atoms with Gasteiger partial charge in [0.25, 0.3) is 27.1 Å². The maximum absolute atomic E-state index is 11.6. The standard InChI is InChI=1S/C16H18N2O5.C16H18N2O4.3C15H16N2O4/c1-10(19)15-16(21)12(20)9-18(17-15)7-6-11-4-5-13(22-2)14(8-11)23-3;1-10-4-6-11(7-5-10)16(2,3)9-18-8-12(19)14(20)13(17-18)15(21)22;1-10(18)14-15(20)13(19)9-17(16-14)8-7-11-3-5-12(21-2)6-4-11;1-10(18)14-15(20)13(19)9-17(16-14)7-6-11-4-3-5-12(8-11)21-2;1-10(18)14-15(20)12(19)9-17(16-14)8-7-11-5-3-4-6-13(11)21-2/h4-5,8-9,20H,6-7H2,1-3H3;4-8,19H,9H2,1-3H3,(H,21,22);3-6,9,19H,7-8H2,1-2H3;3-5,8-9,19H,6-7H2,1-2H3;3-6,9,19H,7-8H2,1-2H3. The Hall–Kier alpha value is -13.4. The van der Waals surface area contributed by atoms with Crippen molar-refractivity contribution in [3.63, 3.8) is 0 Å². The molecule has 10 rings (SSSR count). The van der Waals surface area contributed by atoms with E-state index in [2.05, 4.69) is 25.5 Å². The highest BCUT2D eigenvalue weighted by Crippen LogP contribution is 2.29. The molecule has 0 aliphatic rings. The van der Waals surface area contributed by atoms with Crippen LogP contribution in [-0.2, 0) is 63.8 Å². The number of aryl methyl sites for hydroxylation is 9. The molecule has 5 aromatic carbocycles. The minimum atomic E-state index is -1.46. The Labute approximate surface area is 618 Å². The number of Topliss-reactive ketones (excluding diaryl/α,β-unsaturated/α-hetero) is 4. The number of aromatic carboxylic acids is 1. The van der Waals surface area contributed by atoms with E-state index in [1.807, 2.05) is 130 Å². The first-order valence-electron chi connectivity index (χ1n) is 33.2. The summed E-state index contributed by atoms with van der Waals surface area (Å²) in [5, 5.41) is 76.5. The third-order valence-electron chi connectivity index (χ3n) is 16.1. The van der Waals surface area contributed by atoms with E-state index >= 15 is 0 Å². The van der Waals surface area contributed by atoms with Gasteiger partial charge >= 0.3 is 5.97 Å². The summed E-state index contributed by atoms with van der Waals surface area (Å²) in [4.78, 5) is 114. The van der Waals surface area contributed by atoms with Gasteiger partial charge in [-0.15, -0.1) is 0 Å². The average molecular weight is 1490 g/mol. The molecule has 0 amide bonds. The van der Waals surface area contributed by atoms with Gasteiger partial charge in [0.1, 0.15) is 17.2 Å². The molecule has 0 saturated carbocycles. The van der Waals surface area contributed by atoms with Gasteiger partial charge in [0.2, 0.25) is 5.69 Å². The van der Waals surface area contributed by atoms with Crippen molar-refractivity contribution in [3.05, 3.63) is 259 Å². The highest BCUT2D eigenvalue weighted by molar-refractivity contribution is 5.93. The number of carboxylic acid groups (broad SMARTS) is 1. The number of carbonyl (C=O) groups excluding carboxylic acids is 4. The molecule has 568 valence electrons. The van der Waals surface area contributed by atoms with Crippen LogP contribution < -0.4 is 50.8 Å². The molecule has 0 spiro atoms. The van der Waals surface area contributed by atoms with E-state index in [-0.39, 0.29) is 28.2 Å². The summed E-state index contributed by atoms with van der Waals surface area (Å²) in [6.07, 6.45) is 8.52. The molecule has 6 N–H and O–H groups in total. The van der Waals surface area contributed by atoms with E-state index in [0.29, 0.717) is 69.9 Å². The summed E-state index contributed by atoms with van der Waals surface area (Å²) < 4.78 is 32.8. The predicted octanol–water partition coefficient (Wildman–Crippen LogP) is 7.55. The fraction of sp³-hybridized carbons (Fsp3) is 0.286. The number of aromatic hydroxyl groups is 5. The Morgan fingerprint density at radius 1 is 0.380 bits per heavy atom. The third-order valence-corrected chi connectivity index (χ3v) is 16.1. The maximum Gasteiger partial charge on any atom is 0.360 e. The lowest BCUT2D eigenvalue weighted by atomic mass is 9.84. The van der Waals surface area contributed by atoms with Crippen molar-refractivity contribution in [1.29, 1.82) is 0 Å². The second-order valence-corrected chi connectivity index (χ2v) is 24.7. The van der Waals surface area contributed by atoms with Crippen molar-refractivity contribution in [1.82, 2.24) is 48.9 Å². The molecule has 0 fully saturated rings. The number of nitrogens with zero attached hydrogens (tertiary/aromatic N) is 10. The lowest BCUT2D eigenvalue weighted by Crippen LogP contribution is -2.29. The fourth-order valence-corrected chi connectivity index (χ4v) is 10.3. The molecular weight excluding hydrogens is 1400 g/mol. The molecule has 5 heterocycles. The van der Waals surface area contributed by atoms with Gasteiger partial charge < -0.3 is 54.3 Å². The number of aromatic nitrogens is 10. The zero-order valence-electron chi connectivity index (χ0n) is 61.5. The molecule has 0 saturated heterocycles. The van der Waals surface area contributed by atoms with Gasteiger partial charge in [0, 0.05) is 59.3 Å². The number of rotatable bonds is 25. The molecule has 0 unspecified atom stereocenters. The van der Waals surface area contributed by atoms with Gasteiger partial charge in [-0.25, -0.2) is 4.79 Å². The van der Waals surface area contributed by atoms with E-state index in [0.717, 1.165) is 56.8 Å². The average Bonchev–Trinajstić information content (AvgIpc) is 0.811. The number of methoxy groups -OCH3 is 5. The number of ketones is 4. The number of hydrogen-bond donors (Lipinski definition) is 6. The number of carboxylic acids is 1. The summed E-state index contributed by atoms with van der Waals surface area (Å²) in [5.74, 6) is -2.32. The van der Waals surface area contributed by atoms with Crippen LogP contribution in [0.2, 0.25) is 0 Å². The van der Waals surface area contributed by atoms with E-state index in [9.17, 15) is 73.5 Å². The van der Waals surface area contributed by atoms with E-state index < -0.39 is 90.7 Å². The van der Waals surface area contributed by atoms with Gasteiger partial charge in [-0.3, -0.25) is 66.6 Å². The minimum absolute atomic E-state index is 0.246. The maximum atomic E-state index is 11.6. The summed E-state index contributed by atoms with van der Waals surface area (Å²) in [7, 11) is 7.91. The molecule has 0 bridgehead atoms. The molecule has 0 radical (unpaired) electrons. The van der Waals surface area contributed by atoms with E-state index in [4.69, 9.17) is 28.8 Å². The van der Waals surface area contributed by atoms with Gasteiger partial charge in [-0.05, 0) is 103 Å². The Kier molecular flexibility index (Phi) is 30.2. The zero-order chi connectivity index (χ0) is 79.7. The number of benzene rings is 5. The van der Waals surface area contributed by atoms with Crippen LogP contribution in [0.25, 0.3) is 0 Å². The Morgan fingerprint density at radius 3 is 1.16 bits per heavy atom. The van der Waals surface area contributed by atoms with Crippen LogP contribution in [0, 0.1) is 6.92 Å². The monoisotopic (exact) mass is 1480 g/mol. The normalized spacial score (nSPS) is 10.6. The molecule has 31 heteroatoms. The van der Waals surface area contributed by atoms with Crippen molar-refractivity contribution in [2.24, 2.45) is 0 Å². The summed E-state index contributed by atoms with van der Waals surface area (Å²) in [6.45, 7) is 12.9. The van der Waals surface area contributed by atoms with Crippen LogP contribution in [0.3, 0.4) is 0 Å². The van der Waals surface area contributed by atoms with Crippen LogP contribution in [0.4, 0.5) is 0 Å². The van der Waals surface area contributed by atoms with Crippen molar-refractivity contribution in [2.45, 2.75) is 112 Å². The molecule has 0 atom stereocenters. The van der Waals surface area contributed by atoms with E-state index in [1.165, 1.54) is 75.9 Å². The molecule has 0 aliphatic carbocycles. The smallest absolute Gasteiger partial charge is 0.360 e. The van der Waals surface area contributed by atoms with Crippen LogP contribution in [0.5, 0.6) is 57.5 Å². The number of carbonyl (C=O) groups is 5. The van der Waals surface area contributed by atoms with Crippen molar-refractivity contribution in [2.75, 3.05) is 35.5 Å². The number of para-hydroxylation sites is 1. The largest absolute Gasteiger partial charge is 0.503 e.